The van der Waals surface area contributed by atoms with E-state index in [1.54, 1.807) is 30.0 Å². The van der Waals surface area contributed by atoms with Gasteiger partial charge in [-0.15, -0.1) is 0 Å². The van der Waals surface area contributed by atoms with Gasteiger partial charge in [0.05, 0.1) is 5.60 Å². The summed E-state index contributed by atoms with van der Waals surface area (Å²) in [7, 11) is 0. The number of carbonyl (C=O) groups is 1. The first-order valence-electron chi connectivity index (χ1n) is 6.05. The Hall–Kier alpha value is -1.75. The third kappa shape index (κ3) is 2.73. The second kappa shape index (κ2) is 4.49. The number of piperidine rings is 1. The molecule has 0 atom stereocenters. The number of aliphatic hydroxyl groups is 1. The van der Waals surface area contributed by atoms with Crippen LogP contribution in [0.3, 0.4) is 0 Å². The third-order valence-electron chi connectivity index (χ3n) is 3.35. The minimum Gasteiger partial charge on any atom is -0.399 e. The van der Waals surface area contributed by atoms with Gasteiger partial charge in [0.25, 0.3) is 5.91 Å². The summed E-state index contributed by atoms with van der Waals surface area (Å²) in [6.45, 7) is 2.91. The molecule has 1 heterocycles. The minimum atomic E-state index is -0.661. The van der Waals surface area contributed by atoms with Crippen LogP contribution in [-0.4, -0.2) is 34.6 Å². The second-order valence-electron chi connectivity index (χ2n) is 5.18. The molecule has 1 amide bonds. The molecule has 0 aliphatic carbocycles. The molecule has 1 aliphatic heterocycles. The number of hydrogen-bond acceptors (Lipinski definition) is 4. The first kappa shape index (κ1) is 12.7. The second-order valence-corrected chi connectivity index (χ2v) is 5.18. The maximum atomic E-state index is 12.2. The molecule has 2 rings (SSSR count). The smallest absolute Gasteiger partial charge is 0.254 e. The Balaban J connectivity index is 2.12. The average molecular weight is 249 g/mol. The Morgan fingerprint density at radius 1 is 1.22 bits per heavy atom. The number of amides is 1. The first-order valence-corrected chi connectivity index (χ1v) is 6.05. The van der Waals surface area contributed by atoms with E-state index in [0.29, 0.717) is 42.9 Å². The number of benzene rings is 1. The molecule has 0 spiro atoms. The molecule has 1 saturated heterocycles. The van der Waals surface area contributed by atoms with Gasteiger partial charge in [0.15, 0.2) is 0 Å². The van der Waals surface area contributed by atoms with Crippen molar-refractivity contribution in [3.05, 3.63) is 23.8 Å². The lowest BCUT2D eigenvalue weighted by atomic mass is 9.93. The van der Waals surface area contributed by atoms with Crippen LogP contribution in [0, 0.1) is 0 Å². The fourth-order valence-corrected chi connectivity index (χ4v) is 2.17. The summed E-state index contributed by atoms with van der Waals surface area (Å²) < 4.78 is 0. The molecule has 1 aromatic rings. The maximum Gasteiger partial charge on any atom is 0.254 e. The Morgan fingerprint density at radius 2 is 1.72 bits per heavy atom. The molecule has 5 nitrogen and oxygen atoms in total. The number of nitrogen functional groups attached to an aromatic ring is 2. The quantitative estimate of drug-likeness (QED) is 0.643. The van der Waals surface area contributed by atoms with Crippen molar-refractivity contribution < 1.29 is 9.90 Å². The summed E-state index contributed by atoms with van der Waals surface area (Å²) in [6.07, 6.45) is 1.19. The van der Waals surface area contributed by atoms with Crippen LogP contribution in [-0.2, 0) is 0 Å². The van der Waals surface area contributed by atoms with Crippen molar-refractivity contribution in [2.75, 3.05) is 24.6 Å². The van der Waals surface area contributed by atoms with Gasteiger partial charge in [-0.05, 0) is 38.0 Å². The molecule has 1 aromatic carbocycles. The number of likely N-dealkylation sites (tertiary alicyclic amines) is 1. The molecule has 0 aromatic heterocycles. The van der Waals surface area contributed by atoms with Gasteiger partial charge in [0.1, 0.15) is 0 Å². The summed E-state index contributed by atoms with van der Waals surface area (Å²) >= 11 is 0. The van der Waals surface area contributed by atoms with Crippen molar-refractivity contribution in [2.45, 2.75) is 25.4 Å². The SMILES string of the molecule is CC1(O)CCN(C(=O)c2cc(N)cc(N)c2)CC1. The van der Waals surface area contributed by atoms with E-state index in [1.165, 1.54) is 0 Å². The Labute approximate surface area is 106 Å². The number of rotatable bonds is 1. The standard InChI is InChI=1S/C13H19N3O2/c1-13(18)2-4-16(5-3-13)12(17)9-6-10(14)8-11(15)7-9/h6-8,18H,2-5,14-15H2,1H3. The fourth-order valence-electron chi connectivity index (χ4n) is 2.17. The van der Waals surface area contributed by atoms with E-state index in [0.717, 1.165) is 0 Å². The van der Waals surface area contributed by atoms with E-state index in [9.17, 15) is 9.90 Å². The first-order chi connectivity index (χ1) is 8.37. The molecule has 0 saturated carbocycles. The van der Waals surface area contributed by atoms with Gasteiger partial charge in [-0.25, -0.2) is 0 Å². The predicted molar refractivity (Wildman–Crippen MR) is 71.0 cm³/mol. The number of anilines is 2. The highest BCUT2D eigenvalue weighted by Crippen LogP contribution is 2.23. The lowest BCUT2D eigenvalue weighted by Gasteiger charge is -2.35. The summed E-state index contributed by atoms with van der Waals surface area (Å²) in [5.74, 6) is -0.0792. The minimum absolute atomic E-state index is 0.0792. The van der Waals surface area contributed by atoms with E-state index in [1.807, 2.05) is 0 Å². The van der Waals surface area contributed by atoms with E-state index in [2.05, 4.69) is 0 Å². The molecule has 0 bridgehead atoms. The van der Waals surface area contributed by atoms with Crippen LogP contribution in [0.2, 0.25) is 0 Å². The van der Waals surface area contributed by atoms with Crippen LogP contribution < -0.4 is 11.5 Å². The van der Waals surface area contributed by atoms with Crippen molar-refractivity contribution in [3.63, 3.8) is 0 Å². The average Bonchev–Trinajstić information content (AvgIpc) is 2.27. The fraction of sp³-hybridized carbons (Fsp3) is 0.462. The normalized spacial score (nSPS) is 18.7. The van der Waals surface area contributed by atoms with Gasteiger partial charge >= 0.3 is 0 Å². The Kier molecular flexibility index (Phi) is 3.17. The summed E-state index contributed by atoms with van der Waals surface area (Å²) in [6, 6.07) is 4.88. The van der Waals surface area contributed by atoms with Gasteiger partial charge in [-0.2, -0.15) is 0 Å². The maximum absolute atomic E-state index is 12.2. The lowest BCUT2D eigenvalue weighted by molar-refractivity contribution is -0.00202. The molecule has 5 N–H and O–H groups in total. The number of nitrogens with two attached hydrogens (primary N) is 2. The monoisotopic (exact) mass is 249 g/mol. The molecule has 18 heavy (non-hydrogen) atoms. The summed E-state index contributed by atoms with van der Waals surface area (Å²) in [4.78, 5) is 14.0. The zero-order valence-electron chi connectivity index (χ0n) is 10.5. The van der Waals surface area contributed by atoms with Crippen molar-refractivity contribution in [1.82, 2.24) is 4.90 Å². The van der Waals surface area contributed by atoms with Crippen LogP contribution in [0.5, 0.6) is 0 Å². The zero-order chi connectivity index (χ0) is 13.3. The van der Waals surface area contributed by atoms with Crippen LogP contribution in [0.1, 0.15) is 30.1 Å². The van der Waals surface area contributed by atoms with E-state index in [-0.39, 0.29) is 5.91 Å². The van der Waals surface area contributed by atoms with Gasteiger partial charge in [0, 0.05) is 30.0 Å². The third-order valence-corrected chi connectivity index (χ3v) is 3.35. The lowest BCUT2D eigenvalue weighted by Crippen LogP contribution is -2.45. The highest BCUT2D eigenvalue weighted by molar-refractivity contribution is 5.96. The van der Waals surface area contributed by atoms with E-state index in [4.69, 9.17) is 11.5 Å². The van der Waals surface area contributed by atoms with E-state index >= 15 is 0 Å². The van der Waals surface area contributed by atoms with E-state index < -0.39 is 5.60 Å². The molecular weight excluding hydrogens is 230 g/mol. The molecule has 98 valence electrons. The van der Waals surface area contributed by atoms with Gasteiger partial charge in [-0.1, -0.05) is 0 Å². The van der Waals surface area contributed by atoms with Crippen molar-refractivity contribution in [1.29, 1.82) is 0 Å². The van der Waals surface area contributed by atoms with Crippen molar-refractivity contribution in [2.24, 2.45) is 0 Å². The molecular formula is C13H19N3O2. The van der Waals surface area contributed by atoms with Gasteiger partial charge < -0.3 is 21.5 Å². The van der Waals surface area contributed by atoms with Crippen molar-refractivity contribution >= 4 is 17.3 Å². The topological polar surface area (TPSA) is 92.6 Å². The van der Waals surface area contributed by atoms with Crippen LogP contribution in [0.4, 0.5) is 11.4 Å². The molecule has 5 heteroatoms. The highest BCUT2D eigenvalue weighted by atomic mass is 16.3. The molecule has 0 radical (unpaired) electrons. The number of carbonyl (C=O) groups excluding carboxylic acids is 1. The Bertz CT molecular complexity index is 441. The zero-order valence-corrected chi connectivity index (χ0v) is 10.5. The van der Waals surface area contributed by atoms with Crippen LogP contribution in [0.25, 0.3) is 0 Å². The van der Waals surface area contributed by atoms with Crippen LogP contribution in [0.15, 0.2) is 18.2 Å². The predicted octanol–water partition coefficient (Wildman–Crippen LogP) is 0.838. The van der Waals surface area contributed by atoms with Gasteiger partial charge in [0.2, 0.25) is 0 Å². The number of hydrogen-bond donors (Lipinski definition) is 3. The van der Waals surface area contributed by atoms with Crippen LogP contribution >= 0.6 is 0 Å². The van der Waals surface area contributed by atoms with Crippen molar-refractivity contribution in [3.8, 4) is 0 Å². The Morgan fingerprint density at radius 3 is 2.22 bits per heavy atom. The summed E-state index contributed by atoms with van der Waals surface area (Å²) in [5.41, 5.74) is 12.2. The van der Waals surface area contributed by atoms with Gasteiger partial charge in [-0.3, -0.25) is 4.79 Å². The molecule has 0 unspecified atom stereocenters. The summed E-state index contributed by atoms with van der Waals surface area (Å²) in [5, 5.41) is 9.85. The molecule has 1 fully saturated rings. The number of nitrogens with zero attached hydrogens (tertiary/aromatic N) is 1. The molecule has 1 aliphatic rings. The highest BCUT2D eigenvalue weighted by Gasteiger charge is 2.30. The largest absolute Gasteiger partial charge is 0.399 e.